The molecule has 1 aromatic carbocycles. The van der Waals surface area contributed by atoms with E-state index in [0.29, 0.717) is 13.4 Å². The predicted molar refractivity (Wildman–Crippen MR) is 48.8 cm³/mol. The first kappa shape index (κ1) is 7.89. The van der Waals surface area contributed by atoms with Crippen molar-refractivity contribution in [2.45, 2.75) is 6.61 Å². The Hall–Kier alpha value is -0.740. The second-order valence-electron chi connectivity index (χ2n) is 2.60. The molecule has 2 rings (SSSR count). The van der Waals surface area contributed by atoms with Crippen LogP contribution in [-0.2, 0) is 11.3 Å². The van der Waals surface area contributed by atoms with Gasteiger partial charge in [-0.3, -0.25) is 0 Å². The van der Waals surface area contributed by atoms with E-state index in [1.807, 2.05) is 12.1 Å². The fourth-order valence-corrected chi connectivity index (χ4v) is 1.83. The Labute approximate surface area is 78.6 Å². The summed E-state index contributed by atoms with van der Waals surface area (Å²) in [6, 6.07) is 3.68. The Morgan fingerprint density at radius 2 is 2.25 bits per heavy atom. The standard InChI is InChI=1S/C8H8BrNO2/c9-7-2-6(10)1-5-3-11-4-12-8(5)7/h1-2H,3-4,10H2. The maximum absolute atomic E-state index is 5.64. The van der Waals surface area contributed by atoms with Gasteiger partial charge in [-0.1, -0.05) is 0 Å². The van der Waals surface area contributed by atoms with Crippen molar-refractivity contribution in [3.8, 4) is 5.75 Å². The van der Waals surface area contributed by atoms with Crippen LogP contribution in [-0.4, -0.2) is 6.79 Å². The zero-order valence-electron chi connectivity index (χ0n) is 6.34. The number of hydrogen-bond donors (Lipinski definition) is 1. The number of nitrogen functional groups attached to an aromatic ring is 1. The van der Waals surface area contributed by atoms with E-state index in [1.54, 1.807) is 0 Å². The summed E-state index contributed by atoms with van der Waals surface area (Å²) in [5, 5.41) is 0. The van der Waals surface area contributed by atoms with Crippen molar-refractivity contribution in [1.82, 2.24) is 0 Å². The van der Waals surface area contributed by atoms with Gasteiger partial charge in [0.05, 0.1) is 11.1 Å². The van der Waals surface area contributed by atoms with Crippen molar-refractivity contribution in [3.63, 3.8) is 0 Å². The summed E-state index contributed by atoms with van der Waals surface area (Å²) >= 11 is 3.37. The van der Waals surface area contributed by atoms with Crippen LogP contribution in [0.15, 0.2) is 16.6 Å². The van der Waals surface area contributed by atoms with E-state index in [9.17, 15) is 0 Å². The van der Waals surface area contributed by atoms with Gasteiger partial charge in [-0.15, -0.1) is 0 Å². The molecular formula is C8H8BrNO2. The van der Waals surface area contributed by atoms with Crippen LogP contribution in [0, 0.1) is 0 Å². The zero-order valence-corrected chi connectivity index (χ0v) is 7.93. The van der Waals surface area contributed by atoms with Gasteiger partial charge in [-0.05, 0) is 28.1 Å². The van der Waals surface area contributed by atoms with Crippen LogP contribution in [0.1, 0.15) is 5.56 Å². The number of anilines is 1. The lowest BCUT2D eigenvalue weighted by atomic mass is 10.2. The van der Waals surface area contributed by atoms with Crippen LogP contribution in [0.3, 0.4) is 0 Å². The summed E-state index contributed by atoms with van der Waals surface area (Å²) in [5.74, 6) is 0.843. The number of rotatable bonds is 0. The average molecular weight is 230 g/mol. The van der Waals surface area contributed by atoms with Crippen molar-refractivity contribution >= 4 is 21.6 Å². The van der Waals surface area contributed by atoms with Gasteiger partial charge < -0.3 is 15.2 Å². The van der Waals surface area contributed by atoms with E-state index < -0.39 is 0 Å². The molecule has 1 aliphatic heterocycles. The molecule has 0 unspecified atom stereocenters. The molecule has 1 heterocycles. The minimum Gasteiger partial charge on any atom is -0.466 e. The van der Waals surface area contributed by atoms with Gasteiger partial charge in [-0.2, -0.15) is 0 Å². The first-order chi connectivity index (χ1) is 5.77. The molecule has 64 valence electrons. The topological polar surface area (TPSA) is 44.5 Å². The van der Waals surface area contributed by atoms with Crippen LogP contribution in [0.2, 0.25) is 0 Å². The maximum Gasteiger partial charge on any atom is 0.189 e. The van der Waals surface area contributed by atoms with Gasteiger partial charge in [0, 0.05) is 11.3 Å². The number of fused-ring (bicyclic) bond motifs is 1. The summed E-state index contributed by atoms with van der Waals surface area (Å²) in [4.78, 5) is 0. The first-order valence-corrected chi connectivity index (χ1v) is 4.35. The van der Waals surface area contributed by atoms with Gasteiger partial charge in [0.1, 0.15) is 5.75 Å². The minimum atomic E-state index is 0.315. The number of halogens is 1. The molecule has 0 saturated carbocycles. The fraction of sp³-hybridized carbons (Fsp3) is 0.250. The Kier molecular flexibility index (Phi) is 1.94. The van der Waals surface area contributed by atoms with Gasteiger partial charge in [-0.25, -0.2) is 0 Å². The van der Waals surface area contributed by atoms with Crippen molar-refractivity contribution in [2.24, 2.45) is 0 Å². The highest BCUT2D eigenvalue weighted by molar-refractivity contribution is 9.10. The molecule has 1 aliphatic rings. The van der Waals surface area contributed by atoms with Crippen molar-refractivity contribution in [2.75, 3.05) is 12.5 Å². The van der Waals surface area contributed by atoms with E-state index >= 15 is 0 Å². The van der Waals surface area contributed by atoms with Crippen LogP contribution in [0.4, 0.5) is 5.69 Å². The van der Waals surface area contributed by atoms with Gasteiger partial charge in [0.2, 0.25) is 0 Å². The molecule has 1 aromatic rings. The minimum absolute atomic E-state index is 0.315. The Balaban J connectivity index is 2.53. The zero-order chi connectivity index (χ0) is 8.55. The molecule has 0 spiro atoms. The van der Waals surface area contributed by atoms with Crippen molar-refractivity contribution < 1.29 is 9.47 Å². The SMILES string of the molecule is Nc1cc(Br)c2c(c1)COCO2. The van der Waals surface area contributed by atoms with E-state index in [0.717, 1.165) is 21.5 Å². The molecule has 0 amide bonds. The third-order valence-corrected chi connectivity index (χ3v) is 2.28. The first-order valence-electron chi connectivity index (χ1n) is 3.56. The molecule has 0 aromatic heterocycles. The third-order valence-electron chi connectivity index (χ3n) is 1.69. The molecule has 2 N–H and O–H groups in total. The summed E-state index contributed by atoms with van der Waals surface area (Å²) < 4.78 is 11.3. The highest BCUT2D eigenvalue weighted by Gasteiger charge is 2.13. The van der Waals surface area contributed by atoms with Gasteiger partial charge in [0.25, 0.3) is 0 Å². The average Bonchev–Trinajstić information content (AvgIpc) is 2.04. The van der Waals surface area contributed by atoms with Crippen LogP contribution < -0.4 is 10.5 Å². The van der Waals surface area contributed by atoms with Crippen molar-refractivity contribution in [1.29, 1.82) is 0 Å². The van der Waals surface area contributed by atoms with Crippen LogP contribution >= 0.6 is 15.9 Å². The molecule has 3 nitrogen and oxygen atoms in total. The lowest BCUT2D eigenvalue weighted by Gasteiger charge is -2.19. The fourth-order valence-electron chi connectivity index (χ4n) is 1.19. The number of hydrogen-bond acceptors (Lipinski definition) is 3. The Morgan fingerprint density at radius 3 is 3.08 bits per heavy atom. The number of ether oxygens (including phenoxy) is 2. The molecule has 0 aliphatic carbocycles. The summed E-state index contributed by atoms with van der Waals surface area (Å²) in [6.07, 6.45) is 0. The molecule has 4 heteroatoms. The molecule has 12 heavy (non-hydrogen) atoms. The quantitative estimate of drug-likeness (QED) is 0.692. The molecule has 0 bridgehead atoms. The lowest BCUT2D eigenvalue weighted by molar-refractivity contribution is -0.0168. The van der Waals surface area contributed by atoms with Crippen molar-refractivity contribution in [3.05, 3.63) is 22.2 Å². The molecule has 0 atom stereocenters. The predicted octanol–water partition coefficient (Wildman–Crippen LogP) is 1.90. The molecule has 0 fully saturated rings. The Morgan fingerprint density at radius 1 is 1.42 bits per heavy atom. The number of benzene rings is 1. The van der Waals surface area contributed by atoms with E-state index in [-0.39, 0.29) is 0 Å². The van der Waals surface area contributed by atoms with E-state index in [1.165, 1.54) is 0 Å². The van der Waals surface area contributed by atoms with E-state index in [2.05, 4.69) is 15.9 Å². The molecule has 0 saturated heterocycles. The highest BCUT2D eigenvalue weighted by atomic mass is 79.9. The maximum atomic E-state index is 5.64. The smallest absolute Gasteiger partial charge is 0.189 e. The normalized spacial score (nSPS) is 15.1. The highest BCUT2D eigenvalue weighted by Crippen LogP contribution is 2.34. The van der Waals surface area contributed by atoms with Crippen LogP contribution in [0.25, 0.3) is 0 Å². The number of nitrogens with two attached hydrogens (primary N) is 1. The third kappa shape index (κ3) is 1.28. The van der Waals surface area contributed by atoms with E-state index in [4.69, 9.17) is 15.2 Å². The molecular weight excluding hydrogens is 222 g/mol. The summed E-state index contributed by atoms with van der Waals surface area (Å²) in [6.45, 7) is 0.883. The van der Waals surface area contributed by atoms with Gasteiger partial charge in [0.15, 0.2) is 6.79 Å². The van der Waals surface area contributed by atoms with Crippen LogP contribution in [0.5, 0.6) is 5.75 Å². The summed E-state index contributed by atoms with van der Waals surface area (Å²) in [7, 11) is 0. The lowest BCUT2D eigenvalue weighted by Crippen LogP contribution is -2.12. The monoisotopic (exact) mass is 229 g/mol. The summed E-state index contributed by atoms with van der Waals surface area (Å²) in [5.41, 5.74) is 7.35. The Bertz CT molecular complexity index is 314. The van der Waals surface area contributed by atoms with Gasteiger partial charge >= 0.3 is 0 Å². The second kappa shape index (κ2) is 2.95. The second-order valence-corrected chi connectivity index (χ2v) is 3.46. The molecule has 0 radical (unpaired) electrons. The largest absolute Gasteiger partial charge is 0.466 e.